The second kappa shape index (κ2) is 10.4. The number of nitriles is 1. The minimum atomic E-state index is 0.648. The molecule has 0 N–H and O–H groups in total. The van der Waals surface area contributed by atoms with E-state index in [1.165, 1.54) is 43.7 Å². The molecule has 0 unspecified atom stereocenters. The van der Waals surface area contributed by atoms with Gasteiger partial charge in [0.15, 0.2) is 0 Å². The van der Waals surface area contributed by atoms with Crippen molar-refractivity contribution in [2.75, 3.05) is 0 Å². The normalized spacial score (nSPS) is 11.5. The lowest BCUT2D eigenvalue weighted by Crippen LogP contribution is -1.95. The Kier molecular flexibility index (Phi) is 5.88. The molecule has 214 valence electrons. The van der Waals surface area contributed by atoms with Crippen molar-refractivity contribution in [3.63, 3.8) is 0 Å². The summed E-state index contributed by atoms with van der Waals surface area (Å²) in [5.74, 6) is 0. The topological polar surface area (TPSA) is 33.6 Å². The molecule has 0 amide bonds. The monoisotopic (exact) mass is 585 g/mol. The van der Waals surface area contributed by atoms with Crippen LogP contribution in [0.15, 0.2) is 164 Å². The number of fused-ring (bicyclic) bond motifs is 6. The van der Waals surface area contributed by atoms with Gasteiger partial charge in [0, 0.05) is 38.5 Å². The van der Waals surface area contributed by atoms with Crippen molar-refractivity contribution in [2.45, 2.75) is 0 Å². The summed E-state index contributed by atoms with van der Waals surface area (Å²) in [5, 5.41) is 14.5. The van der Waals surface area contributed by atoms with E-state index in [9.17, 15) is 5.26 Å². The van der Waals surface area contributed by atoms with Gasteiger partial charge in [-0.3, -0.25) is 0 Å². The fraction of sp³-hybridized carbons (Fsp3) is 0. The molecule has 3 nitrogen and oxygen atoms in total. The van der Waals surface area contributed by atoms with Crippen LogP contribution in [0.1, 0.15) is 5.56 Å². The first-order valence-electron chi connectivity index (χ1n) is 15.5. The smallest absolute Gasteiger partial charge is 0.0992 e. The number of hydrogen-bond donors (Lipinski definition) is 0. The maximum absolute atomic E-state index is 9.63. The van der Waals surface area contributed by atoms with Gasteiger partial charge in [-0.2, -0.15) is 5.26 Å². The standard InChI is InChI=1S/C43H27N3/c44-28-29-11-8-16-34(25-29)45-40-21-6-4-17-36(40)38-24-23-31(27-42(38)45)30-12-9-13-32(26-30)35-19-10-20-39-37-18-5-7-22-41(37)46(43(35)39)33-14-2-1-3-15-33/h1-27H. The third kappa shape index (κ3) is 3.98. The Hall–Kier alpha value is -6.37. The predicted octanol–water partition coefficient (Wildman–Crippen LogP) is 11.1. The van der Waals surface area contributed by atoms with Crippen LogP contribution in [0.2, 0.25) is 0 Å². The van der Waals surface area contributed by atoms with Crippen molar-refractivity contribution in [3.8, 4) is 39.7 Å². The molecule has 0 bridgehead atoms. The van der Waals surface area contributed by atoms with Crippen LogP contribution >= 0.6 is 0 Å². The molecular weight excluding hydrogens is 558 g/mol. The minimum absolute atomic E-state index is 0.648. The molecule has 0 fully saturated rings. The van der Waals surface area contributed by atoms with Gasteiger partial charge in [-0.1, -0.05) is 109 Å². The zero-order valence-electron chi connectivity index (χ0n) is 24.9. The van der Waals surface area contributed by atoms with Gasteiger partial charge in [0.2, 0.25) is 0 Å². The molecule has 9 rings (SSSR count). The average Bonchev–Trinajstić information content (AvgIpc) is 3.65. The summed E-state index contributed by atoms with van der Waals surface area (Å²) in [6, 6.07) is 60.2. The van der Waals surface area contributed by atoms with Crippen LogP contribution < -0.4 is 0 Å². The number of benzene rings is 7. The van der Waals surface area contributed by atoms with Gasteiger partial charge in [-0.05, 0) is 71.3 Å². The van der Waals surface area contributed by atoms with Gasteiger partial charge in [0.25, 0.3) is 0 Å². The molecule has 0 saturated heterocycles. The highest BCUT2D eigenvalue weighted by Crippen LogP contribution is 2.40. The Labute approximate surface area is 266 Å². The maximum Gasteiger partial charge on any atom is 0.0992 e. The van der Waals surface area contributed by atoms with Gasteiger partial charge in [-0.15, -0.1) is 0 Å². The van der Waals surface area contributed by atoms with Crippen LogP contribution in [-0.2, 0) is 0 Å². The van der Waals surface area contributed by atoms with Crippen molar-refractivity contribution in [2.24, 2.45) is 0 Å². The van der Waals surface area contributed by atoms with E-state index in [4.69, 9.17) is 0 Å². The first kappa shape index (κ1) is 26.1. The summed E-state index contributed by atoms with van der Waals surface area (Å²) in [6.07, 6.45) is 0. The number of aromatic nitrogens is 2. The molecule has 0 spiro atoms. The van der Waals surface area contributed by atoms with Crippen LogP contribution in [-0.4, -0.2) is 9.13 Å². The Bertz CT molecular complexity index is 2650. The number of nitrogens with zero attached hydrogens (tertiary/aromatic N) is 3. The third-order valence-corrected chi connectivity index (χ3v) is 9.12. The number of hydrogen-bond acceptors (Lipinski definition) is 1. The highest BCUT2D eigenvalue weighted by molar-refractivity contribution is 6.14. The number of rotatable bonds is 4. The fourth-order valence-corrected chi connectivity index (χ4v) is 7.11. The summed E-state index contributed by atoms with van der Waals surface area (Å²) < 4.78 is 4.67. The Morgan fingerprint density at radius 1 is 0.391 bits per heavy atom. The molecule has 0 aliphatic rings. The van der Waals surface area contributed by atoms with Gasteiger partial charge in [0.1, 0.15) is 0 Å². The van der Waals surface area contributed by atoms with E-state index < -0.39 is 0 Å². The van der Waals surface area contributed by atoms with E-state index in [1.54, 1.807) is 0 Å². The molecule has 0 atom stereocenters. The maximum atomic E-state index is 9.63. The van der Waals surface area contributed by atoms with E-state index in [0.717, 1.165) is 33.5 Å². The van der Waals surface area contributed by atoms with Gasteiger partial charge < -0.3 is 9.13 Å². The Balaban J connectivity index is 1.26. The lowest BCUT2D eigenvalue weighted by atomic mass is 9.96. The lowest BCUT2D eigenvalue weighted by molar-refractivity contribution is 1.18. The number of para-hydroxylation sites is 4. The minimum Gasteiger partial charge on any atom is -0.309 e. The first-order valence-corrected chi connectivity index (χ1v) is 15.5. The largest absolute Gasteiger partial charge is 0.309 e. The van der Waals surface area contributed by atoms with Crippen LogP contribution in [0.25, 0.3) is 77.2 Å². The summed E-state index contributed by atoms with van der Waals surface area (Å²) >= 11 is 0. The summed E-state index contributed by atoms with van der Waals surface area (Å²) in [6.45, 7) is 0. The fourth-order valence-electron chi connectivity index (χ4n) is 7.11. The van der Waals surface area contributed by atoms with Crippen molar-refractivity contribution < 1.29 is 0 Å². The highest BCUT2D eigenvalue weighted by atomic mass is 15.0. The van der Waals surface area contributed by atoms with Crippen molar-refractivity contribution >= 4 is 43.6 Å². The molecule has 0 saturated carbocycles. The van der Waals surface area contributed by atoms with E-state index in [2.05, 4.69) is 161 Å². The molecular formula is C43H27N3. The second-order valence-corrected chi connectivity index (χ2v) is 11.7. The summed E-state index contributed by atoms with van der Waals surface area (Å²) in [5.41, 5.74) is 12.1. The Morgan fingerprint density at radius 3 is 1.83 bits per heavy atom. The zero-order valence-corrected chi connectivity index (χ0v) is 24.9. The van der Waals surface area contributed by atoms with E-state index in [-0.39, 0.29) is 0 Å². The zero-order chi connectivity index (χ0) is 30.6. The SMILES string of the molecule is N#Cc1cccc(-n2c3ccccc3c3ccc(-c4cccc(-c5cccc6c7ccccc7n(-c7ccccc7)c56)c4)cc32)c1. The van der Waals surface area contributed by atoms with E-state index in [0.29, 0.717) is 5.56 Å². The summed E-state index contributed by atoms with van der Waals surface area (Å²) in [7, 11) is 0. The molecule has 2 aromatic heterocycles. The van der Waals surface area contributed by atoms with Gasteiger partial charge >= 0.3 is 0 Å². The Morgan fingerprint density at radius 2 is 1.00 bits per heavy atom. The molecule has 2 heterocycles. The molecule has 46 heavy (non-hydrogen) atoms. The van der Waals surface area contributed by atoms with Crippen molar-refractivity contribution in [1.82, 2.24) is 9.13 Å². The third-order valence-electron chi connectivity index (χ3n) is 9.12. The van der Waals surface area contributed by atoms with Crippen molar-refractivity contribution in [1.29, 1.82) is 5.26 Å². The van der Waals surface area contributed by atoms with E-state index >= 15 is 0 Å². The lowest BCUT2D eigenvalue weighted by Gasteiger charge is -2.13. The quantitative estimate of drug-likeness (QED) is 0.202. The average molecular weight is 586 g/mol. The van der Waals surface area contributed by atoms with E-state index in [1.807, 2.05) is 18.2 Å². The van der Waals surface area contributed by atoms with Crippen molar-refractivity contribution in [3.05, 3.63) is 169 Å². The van der Waals surface area contributed by atoms with Crippen LogP contribution in [0.3, 0.4) is 0 Å². The molecule has 3 heteroatoms. The molecule has 0 aliphatic heterocycles. The summed E-state index contributed by atoms with van der Waals surface area (Å²) in [4.78, 5) is 0. The van der Waals surface area contributed by atoms with Crippen LogP contribution in [0.5, 0.6) is 0 Å². The van der Waals surface area contributed by atoms with Crippen LogP contribution in [0.4, 0.5) is 0 Å². The predicted molar refractivity (Wildman–Crippen MR) is 191 cm³/mol. The molecule has 0 radical (unpaired) electrons. The molecule has 7 aromatic carbocycles. The molecule has 9 aromatic rings. The first-order chi connectivity index (χ1) is 22.8. The van der Waals surface area contributed by atoms with Crippen LogP contribution in [0, 0.1) is 11.3 Å². The second-order valence-electron chi connectivity index (χ2n) is 11.7. The van der Waals surface area contributed by atoms with Gasteiger partial charge in [-0.25, -0.2) is 0 Å². The molecule has 0 aliphatic carbocycles. The van der Waals surface area contributed by atoms with Gasteiger partial charge in [0.05, 0.1) is 33.7 Å². The highest BCUT2D eigenvalue weighted by Gasteiger charge is 2.17.